The predicted octanol–water partition coefficient (Wildman–Crippen LogP) is 1.16. The highest BCUT2D eigenvalue weighted by atomic mass is 32.2. The van der Waals surface area contributed by atoms with Crippen LogP contribution < -0.4 is 5.32 Å². The Bertz CT molecular complexity index is 690. The zero-order valence-electron chi connectivity index (χ0n) is 12.1. The lowest BCUT2D eigenvalue weighted by Crippen LogP contribution is -2.30. The first-order chi connectivity index (χ1) is 9.42. The van der Waals surface area contributed by atoms with Crippen LogP contribution in [0.5, 0.6) is 0 Å². The largest absolute Gasteiger partial charge is 0.350 e. The Balaban J connectivity index is 1.97. The van der Waals surface area contributed by atoms with Gasteiger partial charge in [-0.2, -0.15) is 0 Å². The Morgan fingerprint density at radius 1 is 1.25 bits per heavy atom. The lowest BCUT2D eigenvalue weighted by atomic mass is 10.2. The van der Waals surface area contributed by atoms with E-state index >= 15 is 0 Å². The molecule has 0 aliphatic rings. The minimum Gasteiger partial charge on any atom is -0.350 e. The van der Waals surface area contributed by atoms with Crippen molar-refractivity contribution in [2.45, 2.75) is 6.54 Å². The Kier molecular flexibility index (Phi) is 4.47. The van der Waals surface area contributed by atoms with Crippen LogP contribution in [0.2, 0.25) is 0 Å². The minimum atomic E-state index is -3.12. The van der Waals surface area contributed by atoms with Gasteiger partial charge in [-0.1, -0.05) is 18.2 Å². The molecule has 0 aliphatic heterocycles. The van der Waals surface area contributed by atoms with Crippen LogP contribution in [0.25, 0.3) is 10.9 Å². The Morgan fingerprint density at radius 2 is 1.95 bits per heavy atom. The van der Waals surface area contributed by atoms with E-state index in [-0.39, 0.29) is 5.75 Å². The second-order valence-corrected chi connectivity index (χ2v) is 7.36. The van der Waals surface area contributed by atoms with Crippen LogP contribution in [0.4, 0.5) is 0 Å². The first-order valence-corrected chi connectivity index (χ1v) is 8.16. The van der Waals surface area contributed by atoms with E-state index in [1.54, 1.807) is 14.1 Å². The summed E-state index contributed by atoms with van der Waals surface area (Å²) in [5.41, 5.74) is 2.37. The van der Waals surface area contributed by atoms with Gasteiger partial charge in [-0.05, 0) is 11.6 Å². The van der Waals surface area contributed by atoms with Crippen molar-refractivity contribution in [2.75, 3.05) is 26.4 Å². The first-order valence-electron chi connectivity index (χ1n) is 6.55. The molecule has 0 aliphatic carbocycles. The number of nitrogens with one attached hydrogen (secondary N) is 1. The molecule has 2 rings (SSSR count). The van der Waals surface area contributed by atoms with Crippen LogP contribution >= 0.6 is 0 Å². The summed E-state index contributed by atoms with van der Waals surface area (Å²) in [5.74, 6) is 0.116. The van der Waals surface area contributed by atoms with Gasteiger partial charge in [0.25, 0.3) is 0 Å². The molecule has 0 saturated carbocycles. The monoisotopic (exact) mass is 295 g/mol. The smallest absolute Gasteiger partial charge is 0.214 e. The van der Waals surface area contributed by atoms with Crippen molar-refractivity contribution in [3.8, 4) is 0 Å². The van der Waals surface area contributed by atoms with Crippen LogP contribution in [0.1, 0.15) is 5.56 Å². The summed E-state index contributed by atoms with van der Waals surface area (Å²) < 4.78 is 26.6. The topological polar surface area (TPSA) is 54.3 Å². The number of sulfonamides is 1. The Morgan fingerprint density at radius 3 is 2.65 bits per heavy atom. The zero-order valence-corrected chi connectivity index (χ0v) is 12.9. The van der Waals surface area contributed by atoms with Crippen molar-refractivity contribution in [3.63, 3.8) is 0 Å². The number of hydrogen-bond acceptors (Lipinski definition) is 3. The summed E-state index contributed by atoms with van der Waals surface area (Å²) in [6.45, 7) is 1.12. The highest BCUT2D eigenvalue weighted by Crippen LogP contribution is 2.19. The van der Waals surface area contributed by atoms with E-state index in [2.05, 4.69) is 28.2 Å². The zero-order chi connectivity index (χ0) is 14.8. The normalized spacial score (nSPS) is 12.4. The van der Waals surface area contributed by atoms with Crippen molar-refractivity contribution in [1.29, 1.82) is 0 Å². The molecule has 1 heterocycles. The average Bonchev–Trinajstić information content (AvgIpc) is 2.72. The molecular weight excluding hydrogens is 274 g/mol. The third-order valence-corrected chi connectivity index (χ3v) is 5.22. The van der Waals surface area contributed by atoms with E-state index in [0.29, 0.717) is 13.1 Å². The average molecular weight is 295 g/mol. The maximum Gasteiger partial charge on any atom is 0.214 e. The molecule has 1 aromatic carbocycles. The van der Waals surface area contributed by atoms with Crippen molar-refractivity contribution in [3.05, 3.63) is 36.0 Å². The highest BCUT2D eigenvalue weighted by Gasteiger charge is 2.12. The van der Waals surface area contributed by atoms with Gasteiger partial charge in [0.15, 0.2) is 0 Å². The van der Waals surface area contributed by atoms with Gasteiger partial charge in [0.1, 0.15) is 0 Å². The fraction of sp³-hybridized carbons (Fsp3) is 0.429. The fourth-order valence-corrected chi connectivity index (χ4v) is 2.94. The molecule has 1 N–H and O–H groups in total. The van der Waals surface area contributed by atoms with E-state index in [1.165, 1.54) is 20.8 Å². The first kappa shape index (κ1) is 15.0. The van der Waals surface area contributed by atoms with Crippen molar-refractivity contribution in [2.24, 2.45) is 7.05 Å². The standard InChI is InChI=1S/C14H21N3O2S/c1-16(2)20(18,19)9-8-15-10-12-11-17(3)14-7-5-4-6-13(12)14/h4-7,11,15H,8-10H2,1-3H3. The molecule has 20 heavy (non-hydrogen) atoms. The minimum absolute atomic E-state index is 0.116. The van der Waals surface area contributed by atoms with Gasteiger partial charge in [-0.3, -0.25) is 0 Å². The van der Waals surface area contributed by atoms with Crippen LogP contribution in [-0.2, 0) is 23.6 Å². The third-order valence-electron chi connectivity index (χ3n) is 3.39. The van der Waals surface area contributed by atoms with Crippen LogP contribution in [0.15, 0.2) is 30.5 Å². The van der Waals surface area contributed by atoms with Crippen LogP contribution in [-0.4, -0.2) is 43.7 Å². The van der Waals surface area contributed by atoms with Gasteiger partial charge in [0, 0.05) is 51.3 Å². The molecule has 1 aromatic heterocycles. The number of hydrogen-bond donors (Lipinski definition) is 1. The van der Waals surface area contributed by atoms with E-state index in [9.17, 15) is 8.42 Å². The quantitative estimate of drug-likeness (QED) is 0.814. The fourth-order valence-electron chi connectivity index (χ4n) is 2.17. The maximum atomic E-state index is 11.6. The molecule has 6 heteroatoms. The highest BCUT2D eigenvalue weighted by molar-refractivity contribution is 7.89. The van der Waals surface area contributed by atoms with E-state index < -0.39 is 10.0 Å². The van der Waals surface area contributed by atoms with Crippen molar-refractivity contribution >= 4 is 20.9 Å². The summed E-state index contributed by atoms with van der Waals surface area (Å²) in [7, 11) is 2.00. The lowest BCUT2D eigenvalue weighted by molar-refractivity contribution is 0.517. The second kappa shape index (κ2) is 5.95. The van der Waals surface area contributed by atoms with Crippen LogP contribution in [0, 0.1) is 0 Å². The molecule has 0 bridgehead atoms. The van der Waals surface area contributed by atoms with Crippen LogP contribution in [0.3, 0.4) is 0 Å². The summed E-state index contributed by atoms with van der Waals surface area (Å²) >= 11 is 0. The van der Waals surface area contributed by atoms with Gasteiger partial charge < -0.3 is 9.88 Å². The molecule has 5 nitrogen and oxygen atoms in total. The second-order valence-electron chi connectivity index (χ2n) is 5.06. The summed E-state index contributed by atoms with van der Waals surface area (Å²) in [6.07, 6.45) is 2.08. The SMILES string of the molecule is CN(C)S(=O)(=O)CCNCc1cn(C)c2ccccc12. The Labute approximate surface area is 120 Å². The van der Waals surface area contributed by atoms with Crippen molar-refractivity contribution < 1.29 is 8.42 Å². The number of rotatable bonds is 6. The van der Waals surface area contributed by atoms with Gasteiger partial charge in [0.2, 0.25) is 10.0 Å². The van der Waals surface area contributed by atoms with E-state index in [1.807, 2.05) is 19.2 Å². The molecule has 2 aromatic rings. The van der Waals surface area contributed by atoms with Gasteiger partial charge >= 0.3 is 0 Å². The molecule has 0 unspecified atom stereocenters. The third kappa shape index (κ3) is 3.20. The van der Waals surface area contributed by atoms with Gasteiger partial charge in [-0.15, -0.1) is 0 Å². The van der Waals surface area contributed by atoms with E-state index in [0.717, 1.165) is 0 Å². The Hall–Kier alpha value is -1.37. The van der Waals surface area contributed by atoms with Crippen molar-refractivity contribution in [1.82, 2.24) is 14.2 Å². The number of benzene rings is 1. The van der Waals surface area contributed by atoms with Gasteiger partial charge in [-0.25, -0.2) is 12.7 Å². The predicted molar refractivity (Wildman–Crippen MR) is 82.1 cm³/mol. The molecule has 0 atom stereocenters. The molecule has 110 valence electrons. The van der Waals surface area contributed by atoms with Gasteiger partial charge in [0.05, 0.1) is 5.75 Å². The number of aromatic nitrogens is 1. The molecule has 0 spiro atoms. The summed E-state index contributed by atoms with van der Waals surface area (Å²) in [4.78, 5) is 0. The maximum absolute atomic E-state index is 11.6. The number of para-hydroxylation sites is 1. The molecule has 0 radical (unpaired) electrons. The number of aryl methyl sites for hydroxylation is 1. The summed E-state index contributed by atoms with van der Waals surface area (Å²) in [5, 5.41) is 4.41. The molecule has 0 amide bonds. The number of nitrogens with zero attached hydrogens (tertiary/aromatic N) is 2. The summed E-state index contributed by atoms with van der Waals surface area (Å²) in [6, 6.07) is 8.20. The molecular formula is C14H21N3O2S. The number of fused-ring (bicyclic) bond motifs is 1. The van der Waals surface area contributed by atoms with E-state index in [4.69, 9.17) is 0 Å². The molecule has 0 fully saturated rings. The molecule has 0 saturated heterocycles. The lowest BCUT2D eigenvalue weighted by Gasteiger charge is -2.11.